The molecule has 4 heterocycles. The van der Waals surface area contributed by atoms with E-state index in [0.29, 0.717) is 0 Å². The fourth-order valence-electron chi connectivity index (χ4n) is 11.3. The Morgan fingerprint density at radius 2 is 0.311 bits per heavy atom. The molecule has 0 saturated heterocycles. The van der Waals surface area contributed by atoms with Gasteiger partial charge < -0.3 is 9.80 Å². The van der Waals surface area contributed by atoms with Gasteiger partial charge in [0.2, 0.25) is 0 Å². The highest BCUT2D eigenvalue weighted by molar-refractivity contribution is 5.92. The standard InChI is InChI=1S/C64H36F24N10O8/c65-57(66,67)49(99)89-25-26-90(50(100)58(68,69)70)45(89)35-5-17-41(18-6-35)97(42-19-7-36(8-20-42)46-91(51(101)59(71,72)73)27-28-92(46)52(102)60(74,75)76)39-13-1-33(2-14-39)34-3-15-40(16-4-34)98(43-21-9-37(10-22-43)47-93(53(103)61(77,78)79)29-30-94(47)54(104)62(80,81)82)44-23-11-38(12-24-44)48-95(55(105)63(83,84)85)31-32-96(48)56(106)64(86,87)88/h1-32,45-48H. The Labute approximate surface area is 575 Å². The molecule has 42 heteroatoms. The Morgan fingerprint density at radius 3 is 0.425 bits per heavy atom. The predicted molar refractivity (Wildman–Crippen MR) is 312 cm³/mol. The van der Waals surface area contributed by atoms with Crippen molar-refractivity contribution < 1.29 is 144 Å². The van der Waals surface area contributed by atoms with Crippen molar-refractivity contribution in [2.24, 2.45) is 0 Å². The van der Waals surface area contributed by atoms with E-state index in [9.17, 15) is 144 Å². The van der Waals surface area contributed by atoms with E-state index in [-0.39, 0.29) is 134 Å². The van der Waals surface area contributed by atoms with Crippen LogP contribution in [0.2, 0.25) is 0 Å². The lowest BCUT2D eigenvalue weighted by molar-refractivity contribution is -0.193. The van der Waals surface area contributed by atoms with Crippen LogP contribution in [0.3, 0.4) is 0 Å². The van der Waals surface area contributed by atoms with Gasteiger partial charge in [-0.1, -0.05) is 72.8 Å². The minimum atomic E-state index is -5.74. The van der Waals surface area contributed by atoms with Crippen LogP contribution in [-0.4, -0.2) is 136 Å². The first-order chi connectivity index (χ1) is 49.0. The van der Waals surface area contributed by atoms with E-state index < -0.39 is 144 Å². The van der Waals surface area contributed by atoms with Gasteiger partial charge in [-0.25, -0.2) is 0 Å². The number of hydrogen-bond acceptors (Lipinski definition) is 10. The van der Waals surface area contributed by atoms with Crippen molar-refractivity contribution in [2.45, 2.75) is 74.1 Å². The van der Waals surface area contributed by atoms with Crippen molar-refractivity contribution in [3.63, 3.8) is 0 Å². The van der Waals surface area contributed by atoms with Crippen LogP contribution in [0.25, 0.3) is 11.1 Å². The third-order valence-electron chi connectivity index (χ3n) is 15.9. The first-order valence-electron chi connectivity index (χ1n) is 29.1. The van der Waals surface area contributed by atoms with Crippen LogP contribution < -0.4 is 9.80 Å². The Kier molecular flexibility index (Phi) is 19.7. The second kappa shape index (κ2) is 27.2. The van der Waals surface area contributed by atoms with Crippen LogP contribution in [0.1, 0.15) is 46.9 Å². The van der Waals surface area contributed by atoms with E-state index in [0.717, 1.165) is 97.1 Å². The first kappa shape index (κ1) is 76.6. The van der Waals surface area contributed by atoms with E-state index in [1.54, 1.807) is 0 Å². The smallest absolute Gasteiger partial charge is 0.311 e. The van der Waals surface area contributed by atoms with Crippen LogP contribution in [0.5, 0.6) is 0 Å². The number of hydrogen-bond donors (Lipinski definition) is 0. The Morgan fingerprint density at radius 1 is 0.198 bits per heavy atom. The number of amides is 8. The zero-order valence-electron chi connectivity index (χ0n) is 51.6. The van der Waals surface area contributed by atoms with Gasteiger partial charge in [0.15, 0.2) is 0 Å². The van der Waals surface area contributed by atoms with Gasteiger partial charge in [-0.2, -0.15) is 105 Å². The molecule has 0 saturated carbocycles. The molecule has 0 aromatic heterocycles. The van der Waals surface area contributed by atoms with Crippen LogP contribution >= 0.6 is 0 Å². The number of carbonyl (C=O) groups excluding carboxylic acids is 8. The second-order valence-electron chi connectivity index (χ2n) is 22.5. The van der Waals surface area contributed by atoms with Gasteiger partial charge >= 0.3 is 96.7 Å². The topological polar surface area (TPSA) is 169 Å². The molecule has 6 aromatic rings. The summed E-state index contributed by atoms with van der Waals surface area (Å²) in [6.07, 6.45) is -53.8. The van der Waals surface area contributed by atoms with Crippen molar-refractivity contribution in [3.8, 4) is 11.1 Å². The lowest BCUT2D eigenvalue weighted by Gasteiger charge is -2.32. The third-order valence-corrected chi connectivity index (χ3v) is 15.9. The molecule has 0 N–H and O–H groups in total. The van der Waals surface area contributed by atoms with Crippen LogP contribution in [0.4, 0.5) is 139 Å². The maximum Gasteiger partial charge on any atom is 0.471 e. The molecule has 0 spiro atoms. The molecule has 0 bridgehead atoms. The summed E-state index contributed by atoms with van der Waals surface area (Å²) in [6, 6.07) is 25.7. The normalized spacial score (nSPS) is 16.0. The molecular formula is C64H36F24N10O8. The number of rotatable bonds is 11. The molecule has 0 unspecified atom stereocenters. The molecule has 0 radical (unpaired) electrons. The zero-order chi connectivity index (χ0) is 78.3. The van der Waals surface area contributed by atoms with Crippen LogP contribution in [0.15, 0.2) is 195 Å². The van der Waals surface area contributed by atoms with Crippen molar-refractivity contribution in [3.05, 3.63) is 217 Å². The number of carbonyl (C=O) groups is 8. The van der Waals surface area contributed by atoms with E-state index in [1.165, 1.54) is 58.3 Å². The molecule has 18 nitrogen and oxygen atoms in total. The molecule has 0 atom stereocenters. The number of alkyl halides is 24. The summed E-state index contributed by atoms with van der Waals surface area (Å²) >= 11 is 0. The molecule has 558 valence electrons. The minimum absolute atomic E-state index is 0.00940. The summed E-state index contributed by atoms with van der Waals surface area (Å²) in [5, 5.41) is 0. The molecule has 0 aliphatic carbocycles. The summed E-state index contributed by atoms with van der Waals surface area (Å²) in [7, 11) is 0. The minimum Gasteiger partial charge on any atom is -0.311 e. The van der Waals surface area contributed by atoms with Gasteiger partial charge in [0.25, 0.3) is 0 Å². The summed E-state index contributed by atoms with van der Waals surface area (Å²) in [5.74, 6) is -21.9. The number of nitrogens with zero attached hydrogens (tertiary/aromatic N) is 10. The Hall–Kier alpha value is -12.0. The highest BCUT2D eigenvalue weighted by Gasteiger charge is 2.57. The van der Waals surface area contributed by atoms with Gasteiger partial charge in [0.1, 0.15) is 24.7 Å². The van der Waals surface area contributed by atoms with E-state index in [4.69, 9.17) is 0 Å². The summed E-state index contributed by atoms with van der Waals surface area (Å²) in [6.45, 7) is 0. The van der Waals surface area contributed by atoms with Crippen molar-refractivity contribution in [2.75, 3.05) is 9.80 Å². The zero-order valence-corrected chi connectivity index (χ0v) is 51.6. The predicted octanol–water partition coefficient (Wildman–Crippen LogP) is 15.4. The lowest BCUT2D eigenvalue weighted by atomic mass is 10.0. The van der Waals surface area contributed by atoms with Gasteiger partial charge in [-0.15, -0.1) is 0 Å². The summed E-state index contributed by atoms with van der Waals surface area (Å²) in [5.41, 5.74) is -2.48. The number of halogens is 24. The molecule has 106 heavy (non-hydrogen) atoms. The molecule has 0 fully saturated rings. The van der Waals surface area contributed by atoms with Gasteiger partial charge in [0, 0.05) is 83.7 Å². The van der Waals surface area contributed by atoms with Crippen molar-refractivity contribution >= 4 is 81.4 Å². The SMILES string of the molecule is O=C(N1C=CN(C(=O)C(F)(F)F)C1c1ccc(N(c2ccc(-c3ccc(N(c4ccc(C5N(C(=O)C(F)(F)F)C=CN5C(=O)C(F)(F)F)cc4)c4ccc(C5N(C(=O)C(F)(F)F)C=CN5C(=O)C(F)(F)F)cc4)cc3)cc2)c2ccc(C3N(C(=O)C(F)(F)F)C=CN3C(=O)C(F)(F)F)cc2)cc1)C(F)(F)F. The maximum atomic E-state index is 13.8. The van der Waals surface area contributed by atoms with Crippen molar-refractivity contribution in [1.29, 1.82) is 0 Å². The Balaban J connectivity index is 1.05. The second-order valence-corrected chi connectivity index (χ2v) is 22.5. The first-order valence-corrected chi connectivity index (χ1v) is 29.1. The van der Waals surface area contributed by atoms with Crippen LogP contribution in [-0.2, 0) is 38.4 Å². The molecule has 10 rings (SSSR count). The monoisotopic (exact) mass is 1530 g/mol. The number of anilines is 6. The summed E-state index contributed by atoms with van der Waals surface area (Å²) in [4.78, 5) is 101. The molecular weight excluding hydrogens is 1490 g/mol. The van der Waals surface area contributed by atoms with Gasteiger partial charge in [-0.3, -0.25) is 77.6 Å². The van der Waals surface area contributed by atoms with E-state index in [1.807, 2.05) is 0 Å². The average Bonchev–Trinajstić information content (AvgIpc) is 1.53. The van der Waals surface area contributed by atoms with E-state index >= 15 is 0 Å². The van der Waals surface area contributed by atoms with Crippen LogP contribution in [0, 0.1) is 0 Å². The fraction of sp³-hybridized carbons (Fsp3) is 0.188. The summed E-state index contributed by atoms with van der Waals surface area (Å²) < 4.78 is 332. The highest BCUT2D eigenvalue weighted by atomic mass is 19.4. The van der Waals surface area contributed by atoms with E-state index in [2.05, 4.69) is 0 Å². The molecule has 4 aliphatic rings. The average molecular weight is 1530 g/mol. The fourth-order valence-corrected chi connectivity index (χ4v) is 11.3. The quantitative estimate of drug-likeness (QED) is 0.114. The molecule has 4 aliphatic heterocycles. The molecule has 8 amide bonds. The lowest BCUT2D eigenvalue weighted by Crippen LogP contribution is -2.46. The van der Waals surface area contributed by atoms with Crippen molar-refractivity contribution in [1.82, 2.24) is 39.2 Å². The third kappa shape index (κ3) is 15.2. The van der Waals surface area contributed by atoms with Gasteiger partial charge in [0.05, 0.1) is 0 Å². The molecule has 6 aromatic carbocycles. The highest BCUT2D eigenvalue weighted by Crippen LogP contribution is 2.47. The maximum absolute atomic E-state index is 13.8. The largest absolute Gasteiger partial charge is 0.471 e. The number of benzene rings is 6. The van der Waals surface area contributed by atoms with Gasteiger partial charge in [-0.05, 0) is 106 Å². The Bertz CT molecular complexity index is 3880.